The van der Waals surface area contributed by atoms with Crippen molar-refractivity contribution >= 4 is 5.69 Å². The fraction of sp³-hybridized carbons (Fsp3) is 0.333. The van der Waals surface area contributed by atoms with Gasteiger partial charge in [-0.1, -0.05) is 0 Å². The average Bonchev–Trinajstić information content (AvgIpc) is 2.62. The molecule has 5 heteroatoms. The molecule has 0 spiro atoms. The van der Waals surface area contributed by atoms with Gasteiger partial charge in [0.25, 0.3) is 0 Å². The molecule has 1 aliphatic heterocycles. The van der Waals surface area contributed by atoms with Crippen molar-refractivity contribution in [2.24, 2.45) is 0 Å². The lowest BCUT2D eigenvalue weighted by Crippen LogP contribution is -1.99. The van der Waals surface area contributed by atoms with E-state index in [2.05, 4.69) is 5.32 Å². The van der Waals surface area contributed by atoms with Crippen molar-refractivity contribution < 1.29 is 9.66 Å². The second-order valence-corrected chi connectivity index (χ2v) is 3.15. The predicted molar refractivity (Wildman–Crippen MR) is 50.2 cm³/mol. The number of nitrogens with zero attached hydrogens (tertiary/aromatic N) is 1. The summed E-state index contributed by atoms with van der Waals surface area (Å²) in [6.07, 6.45) is 0. The fourth-order valence-corrected chi connectivity index (χ4v) is 1.62. The number of hydrogen-bond acceptors (Lipinski definition) is 4. The molecule has 0 amide bonds. The summed E-state index contributed by atoms with van der Waals surface area (Å²) in [5, 5.41) is 13.8. The van der Waals surface area contributed by atoms with Gasteiger partial charge in [0.1, 0.15) is 0 Å². The normalized spacial score (nSPS) is 13.8. The smallest absolute Gasteiger partial charge is 0.311 e. The van der Waals surface area contributed by atoms with Crippen LogP contribution in [0.15, 0.2) is 12.1 Å². The Morgan fingerprint density at radius 1 is 1.43 bits per heavy atom. The monoisotopic (exact) mass is 194 g/mol. The standard InChI is InChI=1S/C9H10N2O3/c1-14-9-3-7-5-10-4-6(7)2-8(9)11(12)13/h2-3,10H,4-5H2,1H3. The van der Waals surface area contributed by atoms with E-state index in [1.165, 1.54) is 7.11 Å². The molecule has 0 radical (unpaired) electrons. The summed E-state index contributed by atoms with van der Waals surface area (Å²) in [6.45, 7) is 1.45. The largest absolute Gasteiger partial charge is 0.490 e. The molecule has 5 nitrogen and oxygen atoms in total. The lowest BCUT2D eigenvalue weighted by molar-refractivity contribution is -0.385. The Hall–Kier alpha value is -1.62. The summed E-state index contributed by atoms with van der Waals surface area (Å²) >= 11 is 0. The van der Waals surface area contributed by atoms with Crippen LogP contribution in [-0.4, -0.2) is 12.0 Å². The third-order valence-corrected chi connectivity index (χ3v) is 2.33. The predicted octanol–water partition coefficient (Wildman–Crippen LogP) is 1.21. The second kappa shape index (κ2) is 3.26. The van der Waals surface area contributed by atoms with Gasteiger partial charge >= 0.3 is 5.69 Å². The van der Waals surface area contributed by atoms with Gasteiger partial charge in [-0.05, 0) is 17.2 Å². The summed E-state index contributed by atoms with van der Waals surface area (Å²) in [5.41, 5.74) is 2.10. The van der Waals surface area contributed by atoms with E-state index in [9.17, 15) is 10.1 Å². The molecule has 0 saturated heterocycles. The van der Waals surface area contributed by atoms with Gasteiger partial charge in [0.15, 0.2) is 5.75 Å². The molecule has 2 rings (SSSR count). The number of hydrogen-bond donors (Lipinski definition) is 1. The molecular weight excluding hydrogens is 184 g/mol. The van der Waals surface area contributed by atoms with Crippen molar-refractivity contribution in [1.82, 2.24) is 5.32 Å². The minimum atomic E-state index is -0.419. The van der Waals surface area contributed by atoms with E-state index in [1.54, 1.807) is 12.1 Å². The van der Waals surface area contributed by atoms with Crippen LogP contribution in [0, 0.1) is 10.1 Å². The second-order valence-electron chi connectivity index (χ2n) is 3.15. The van der Waals surface area contributed by atoms with Crippen LogP contribution in [0.3, 0.4) is 0 Å². The number of rotatable bonds is 2. The maximum Gasteiger partial charge on any atom is 0.311 e. The number of benzene rings is 1. The van der Waals surface area contributed by atoms with Crippen LogP contribution in [-0.2, 0) is 13.1 Å². The lowest BCUT2D eigenvalue weighted by atomic mass is 10.1. The molecule has 74 valence electrons. The Bertz CT molecular complexity index is 390. The molecule has 0 aromatic heterocycles. The van der Waals surface area contributed by atoms with E-state index >= 15 is 0 Å². The third-order valence-electron chi connectivity index (χ3n) is 2.33. The number of fused-ring (bicyclic) bond motifs is 1. The molecule has 0 aliphatic carbocycles. The molecule has 1 aliphatic rings. The summed E-state index contributed by atoms with van der Waals surface area (Å²) < 4.78 is 4.96. The van der Waals surface area contributed by atoms with Crippen LogP contribution >= 0.6 is 0 Å². The molecule has 0 fully saturated rings. The van der Waals surface area contributed by atoms with Crippen LogP contribution in [0.5, 0.6) is 5.75 Å². The van der Waals surface area contributed by atoms with Gasteiger partial charge in [0.05, 0.1) is 12.0 Å². The molecule has 0 saturated carbocycles. The lowest BCUT2D eigenvalue weighted by Gasteiger charge is -2.04. The molecule has 0 atom stereocenters. The molecule has 1 heterocycles. The highest BCUT2D eigenvalue weighted by atomic mass is 16.6. The van der Waals surface area contributed by atoms with Crippen molar-refractivity contribution in [2.45, 2.75) is 13.1 Å². The van der Waals surface area contributed by atoms with Crippen molar-refractivity contribution in [1.29, 1.82) is 0 Å². The number of methoxy groups -OCH3 is 1. The Morgan fingerprint density at radius 2 is 2.07 bits per heavy atom. The van der Waals surface area contributed by atoms with E-state index in [0.717, 1.165) is 17.7 Å². The summed E-state index contributed by atoms with van der Waals surface area (Å²) in [7, 11) is 1.44. The zero-order chi connectivity index (χ0) is 10.1. The van der Waals surface area contributed by atoms with E-state index in [4.69, 9.17) is 4.74 Å². The summed E-state index contributed by atoms with van der Waals surface area (Å²) in [5.74, 6) is 0.331. The van der Waals surface area contributed by atoms with Crippen LogP contribution in [0.4, 0.5) is 5.69 Å². The topological polar surface area (TPSA) is 64.4 Å². The molecular formula is C9H10N2O3. The van der Waals surface area contributed by atoms with Gasteiger partial charge in [0.2, 0.25) is 0 Å². The van der Waals surface area contributed by atoms with E-state index in [-0.39, 0.29) is 5.69 Å². The minimum absolute atomic E-state index is 0.0370. The van der Waals surface area contributed by atoms with E-state index < -0.39 is 4.92 Å². The van der Waals surface area contributed by atoms with E-state index in [0.29, 0.717) is 12.3 Å². The van der Waals surface area contributed by atoms with Crippen molar-refractivity contribution in [2.75, 3.05) is 7.11 Å². The van der Waals surface area contributed by atoms with Crippen LogP contribution in [0.2, 0.25) is 0 Å². The van der Waals surface area contributed by atoms with Gasteiger partial charge < -0.3 is 10.1 Å². The van der Waals surface area contributed by atoms with Gasteiger partial charge in [0, 0.05) is 19.2 Å². The van der Waals surface area contributed by atoms with Crippen LogP contribution in [0.1, 0.15) is 11.1 Å². The van der Waals surface area contributed by atoms with Gasteiger partial charge in [-0.3, -0.25) is 10.1 Å². The van der Waals surface area contributed by atoms with Crippen LogP contribution < -0.4 is 10.1 Å². The van der Waals surface area contributed by atoms with E-state index in [1.807, 2.05) is 0 Å². The zero-order valence-corrected chi connectivity index (χ0v) is 7.74. The Balaban J connectivity index is 2.54. The third kappa shape index (κ3) is 1.31. The number of nitrogens with one attached hydrogen (secondary N) is 1. The number of nitro benzene ring substituents is 1. The van der Waals surface area contributed by atoms with Crippen molar-refractivity contribution in [3.8, 4) is 5.75 Å². The van der Waals surface area contributed by atoms with Crippen molar-refractivity contribution in [3.63, 3.8) is 0 Å². The molecule has 14 heavy (non-hydrogen) atoms. The Kier molecular flexibility index (Phi) is 2.09. The Labute approximate surface area is 80.8 Å². The SMILES string of the molecule is COc1cc2c(cc1[N+](=O)[O-])CNC2. The molecule has 0 bridgehead atoms. The van der Waals surface area contributed by atoms with Gasteiger partial charge in [-0.2, -0.15) is 0 Å². The fourth-order valence-electron chi connectivity index (χ4n) is 1.62. The van der Waals surface area contributed by atoms with Gasteiger partial charge in [-0.25, -0.2) is 0 Å². The number of ether oxygens (including phenoxy) is 1. The average molecular weight is 194 g/mol. The van der Waals surface area contributed by atoms with Crippen LogP contribution in [0.25, 0.3) is 0 Å². The summed E-state index contributed by atoms with van der Waals surface area (Å²) in [6, 6.07) is 3.31. The summed E-state index contributed by atoms with van der Waals surface area (Å²) in [4.78, 5) is 10.3. The maximum atomic E-state index is 10.7. The maximum absolute atomic E-state index is 10.7. The number of nitro groups is 1. The van der Waals surface area contributed by atoms with Gasteiger partial charge in [-0.15, -0.1) is 0 Å². The Morgan fingerprint density at radius 3 is 2.64 bits per heavy atom. The highest BCUT2D eigenvalue weighted by molar-refractivity contribution is 5.53. The molecule has 1 aromatic rings. The molecule has 1 aromatic carbocycles. The molecule has 1 N–H and O–H groups in total. The first kappa shape index (κ1) is 8.96. The highest BCUT2D eigenvalue weighted by Crippen LogP contribution is 2.32. The zero-order valence-electron chi connectivity index (χ0n) is 7.74. The van der Waals surface area contributed by atoms with Crippen molar-refractivity contribution in [3.05, 3.63) is 33.4 Å². The minimum Gasteiger partial charge on any atom is -0.490 e. The first-order valence-corrected chi connectivity index (χ1v) is 4.27. The molecule has 0 unspecified atom stereocenters. The highest BCUT2D eigenvalue weighted by Gasteiger charge is 2.20. The first-order chi connectivity index (χ1) is 6.72. The quantitative estimate of drug-likeness (QED) is 0.567. The first-order valence-electron chi connectivity index (χ1n) is 4.27.